The lowest BCUT2D eigenvalue weighted by molar-refractivity contribution is 0.0729. The maximum atomic E-state index is 12.6. The molecule has 108 valence electrons. The van der Waals surface area contributed by atoms with Crippen molar-refractivity contribution in [2.75, 3.05) is 20.2 Å². The molecule has 6 nitrogen and oxygen atoms in total. The third-order valence-electron chi connectivity index (χ3n) is 3.54. The van der Waals surface area contributed by atoms with Crippen molar-refractivity contribution in [1.29, 1.82) is 5.26 Å². The Balaban J connectivity index is 2.05. The van der Waals surface area contributed by atoms with Gasteiger partial charge in [0.15, 0.2) is 0 Å². The van der Waals surface area contributed by atoms with E-state index in [9.17, 15) is 10.1 Å². The molecular weight excluding hydrogens is 288 g/mol. The highest BCUT2D eigenvalue weighted by Crippen LogP contribution is 2.30. The van der Waals surface area contributed by atoms with Gasteiger partial charge >= 0.3 is 0 Å². The average molecular weight is 302 g/mol. The second-order valence-corrected chi connectivity index (χ2v) is 5.84. The van der Waals surface area contributed by atoms with Gasteiger partial charge in [-0.3, -0.25) is 4.79 Å². The summed E-state index contributed by atoms with van der Waals surface area (Å²) >= 11 is 1.21. The zero-order chi connectivity index (χ0) is 14.8. The van der Waals surface area contributed by atoms with Crippen LogP contribution in [0.1, 0.15) is 34.5 Å². The molecule has 0 aliphatic carbocycles. The Morgan fingerprint density at radius 1 is 1.43 bits per heavy atom. The molecular formula is C14H14N4O2S. The van der Waals surface area contributed by atoms with E-state index in [-0.39, 0.29) is 5.91 Å². The van der Waals surface area contributed by atoms with Crippen LogP contribution in [0.5, 0.6) is 5.88 Å². The average Bonchev–Trinajstić information content (AvgIpc) is 2.92. The van der Waals surface area contributed by atoms with E-state index >= 15 is 0 Å². The number of ether oxygens (including phenoxy) is 1. The number of amides is 1. The first kappa shape index (κ1) is 13.8. The van der Waals surface area contributed by atoms with Crippen molar-refractivity contribution in [2.45, 2.75) is 19.3 Å². The molecule has 2 aromatic heterocycles. The third-order valence-corrected chi connectivity index (χ3v) is 4.60. The molecule has 0 bridgehead atoms. The van der Waals surface area contributed by atoms with Crippen LogP contribution < -0.4 is 4.74 Å². The monoisotopic (exact) mass is 302 g/mol. The molecule has 1 aliphatic heterocycles. The van der Waals surface area contributed by atoms with Crippen LogP contribution in [0.3, 0.4) is 0 Å². The van der Waals surface area contributed by atoms with E-state index in [1.807, 2.05) is 4.90 Å². The van der Waals surface area contributed by atoms with E-state index in [1.54, 1.807) is 0 Å². The topological polar surface area (TPSA) is 79.1 Å². The van der Waals surface area contributed by atoms with Crippen molar-refractivity contribution >= 4 is 27.6 Å². The molecule has 3 rings (SSSR count). The molecule has 0 atom stereocenters. The Labute approximate surface area is 126 Å². The second-order valence-electron chi connectivity index (χ2n) is 4.84. The summed E-state index contributed by atoms with van der Waals surface area (Å²) in [7, 11) is 1.51. The number of rotatable bonds is 2. The maximum absolute atomic E-state index is 12.6. The molecule has 1 saturated heterocycles. The molecule has 3 heterocycles. The predicted molar refractivity (Wildman–Crippen MR) is 78.4 cm³/mol. The van der Waals surface area contributed by atoms with E-state index in [0.717, 1.165) is 32.4 Å². The van der Waals surface area contributed by atoms with E-state index < -0.39 is 0 Å². The van der Waals surface area contributed by atoms with E-state index in [1.165, 1.54) is 24.6 Å². The molecule has 0 N–H and O–H groups in total. The van der Waals surface area contributed by atoms with Gasteiger partial charge < -0.3 is 9.64 Å². The van der Waals surface area contributed by atoms with Crippen LogP contribution in [0.25, 0.3) is 10.3 Å². The maximum Gasteiger partial charge on any atom is 0.265 e. The normalized spacial score (nSPS) is 15.0. The number of hydrogen-bond acceptors (Lipinski definition) is 6. The Morgan fingerprint density at radius 2 is 2.19 bits per heavy atom. The molecule has 21 heavy (non-hydrogen) atoms. The number of carbonyl (C=O) groups excluding carboxylic acids is 1. The number of thiophene rings is 1. The van der Waals surface area contributed by atoms with Gasteiger partial charge in [0.2, 0.25) is 5.88 Å². The molecule has 0 spiro atoms. The highest BCUT2D eigenvalue weighted by molar-refractivity contribution is 7.20. The van der Waals surface area contributed by atoms with E-state index in [4.69, 9.17) is 4.74 Å². The van der Waals surface area contributed by atoms with Gasteiger partial charge in [0, 0.05) is 13.1 Å². The smallest absolute Gasteiger partial charge is 0.265 e. The Hall–Kier alpha value is -2.20. The number of carbonyl (C=O) groups is 1. The third kappa shape index (κ3) is 2.43. The van der Waals surface area contributed by atoms with Crippen molar-refractivity contribution in [3.8, 4) is 11.9 Å². The van der Waals surface area contributed by atoms with Gasteiger partial charge in [-0.15, -0.1) is 11.3 Å². The summed E-state index contributed by atoms with van der Waals surface area (Å²) < 4.78 is 5.04. The van der Waals surface area contributed by atoms with Crippen LogP contribution in [-0.4, -0.2) is 41.0 Å². The Morgan fingerprint density at radius 3 is 2.86 bits per heavy atom. The number of nitriles is 1. The Kier molecular flexibility index (Phi) is 3.71. The molecule has 0 saturated carbocycles. The summed E-state index contributed by atoms with van der Waals surface area (Å²) in [6.07, 6.45) is 4.65. The number of methoxy groups -OCH3 is 1. The highest BCUT2D eigenvalue weighted by Gasteiger charge is 2.25. The molecule has 2 aromatic rings. The minimum absolute atomic E-state index is 0.0879. The van der Waals surface area contributed by atoms with Crippen LogP contribution in [-0.2, 0) is 0 Å². The zero-order valence-electron chi connectivity index (χ0n) is 11.6. The lowest BCUT2D eigenvalue weighted by Crippen LogP contribution is -2.35. The summed E-state index contributed by atoms with van der Waals surface area (Å²) in [5.41, 5.74) is 0.796. The first-order valence-corrected chi connectivity index (χ1v) is 7.59. The van der Waals surface area contributed by atoms with E-state index in [0.29, 0.717) is 26.7 Å². The fourth-order valence-corrected chi connectivity index (χ4v) is 3.49. The summed E-state index contributed by atoms with van der Waals surface area (Å²) in [5.74, 6) is 0.292. The zero-order valence-corrected chi connectivity index (χ0v) is 12.4. The van der Waals surface area contributed by atoms with Crippen LogP contribution in [0, 0.1) is 11.3 Å². The van der Waals surface area contributed by atoms with Crippen molar-refractivity contribution in [3.05, 3.63) is 16.6 Å². The molecule has 0 unspecified atom stereocenters. The van der Waals surface area contributed by atoms with Crippen LogP contribution >= 0.6 is 11.3 Å². The number of likely N-dealkylation sites (tertiary alicyclic amines) is 1. The number of nitrogens with zero attached hydrogens (tertiary/aromatic N) is 4. The SMILES string of the molecule is COc1cnc2c(C#N)c(C(=O)N3CCCCC3)sc2n1. The predicted octanol–water partition coefficient (Wildman–Crippen LogP) is 2.20. The van der Waals surface area contributed by atoms with Crippen LogP contribution in [0.2, 0.25) is 0 Å². The van der Waals surface area contributed by atoms with Crippen molar-refractivity contribution in [1.82, 2.24) is 14.9 Å². The number of piperidine rings is 1. The summed E-state index contributed by atoms with van der Waals surface area (Å²) in [4.78, 5) is 23.9. The molecule has 0 aromatic carbocycles. The first-order valence-electron chi connectivity index (χ1n) is 6.77. The molecule has 1 fully saturated rings. The molecule has 0 radical (unpaired) electrons. The number of fused-ring (bicyclic) bond motifs is 1. The van der Waals surface area contributed by atoms with Gasteiger partial charge in [0.25, 0.3) is 5.91 Å². The first-order chi connectivity index (χ1) is 10.2. The lowest BCUT2D eigenvalue weighted by Gasteiger charge is -2.26. The van der Waals surface area contributed by atoms with Gasteiger partial charge in [-0.2, -0.15) is 10.2 Å². The highest BCUT2D eigenvalue weighted by atomic mass is 32.1. The number of hydrogen-bond donors (Lipinski definition) is 0. The fraction of sp³-hybridized carbons (Fsp3) is 0.429. The standard InChI is InChI=1S/C14H14N4O2S/c1-20-10-8-16-11-9(7-15)12(21-13(11)17-10)14(19)18-5-3-2-4-6-18/h8H,2-6H2,1H3. The van der Waals surface area contributed by atoms with Gasteiger partial charge in [0.05, 0.1) is 13.3 Å². The molecule has 1 aliphatic rings. The Bertz CT molecular complexity index is 728. The summed E-state index contributed by atoms with van der Waals surface area (Å²) in [6.45, 7) is 1.50. The number of aromatic nitrogens is 2. The summed E-state index contributed by atoms with van der Waals surface area (Å²) in [6, 6.07) is 2.10. The van der Waals surface area contributed by atoms with Crippen molar-refractivity contribution in [2.24, 2.45) is 0 Å². The largest absolute Gasteiger partial charge is 0.480 e. The fourth-order valence-electron chi connectivity index (χ4n) is 2.45. The van der Waals surface area contributed by atoms with Gasteiger partial charge in [-0.1, -0.05) is 0 Å². The van der Waals surface area contributed by atoms with Gasteiger partial charge in [0.1, 0.15) is 26.9 Å². The minimum Gasteiger partial charge on any atom is -0.480 e. The second kappa shape index (κ2) is 5.66. The molecule has 7 heteroatoms. The molecule has 1 amide bonds. The van der Waals surface area contributed by atoms with E-state index in [2.05, 4.69) is 16.0 Å². The lowest BCUT2D eigenvalue weighted by atomic mass is 10.1. The van der Waals surface area contributed by atoms with Crippen molar-refractivity contribution < 1.29 is 9.53 Å². The van der Waals surface area contributed by atoms with Crippen LogP contribution in [0.15, 0.2) is 6.20 Å². The van der Waals surface area contributed by atoms with Gasteiger partial charge in [-0.25, -0.2) is 4.98 Å². The quantitative estimate of drug-likeness (QED) is 0.849. The van der Waals surface area contributed by atoms with Gasteiger partial charge in [-0.05, 0) is 19.3 Å². The van der Waals surface area contributed by atoms with Crippen LogP contribution in [0.4, 0.5) is 0 Å². The minimum atomic E-state index is -0.0879. The summed E-state index contributed by atoms with van der Waals surface area (Å²) in [5, 5.41) is 9.37. The van der Waals surface area contributed by atoms with Crippen molar-refractivity contribution in [3.63, 3.8) is 0 Å².